The second kappa shape index (κ2) is 5.76. The van der Waals surface area contributed by atoms with E-state index in [4.69, 9.17) is 11.5 Å². The molecule has 4 N–H and O–H groups in total. The first kappa shape index (κ1) is 13.9. The zero-order valence-corrected chi connectivity index (χ0v) is 12.0. The lowest BCUT2D eigenvalue weighted by molar-refractivity contribution is 1.07. The molecule has 0 unspecified atom stereocenters. The first-order valence-electron chi connectivity index (χ1n) is 7.01. The molecule has 1 heterocycles. The van der Waals surface area contributed by atoms with Crippen molar-refractivity contribution in [1.82, 2.24) is 4.57 Å². The van der Waals surface area contributed by atoms with Crippen molar-refractivity contribution in [3.8, 4) is 22.9 Å². The predicted molar refractivity (Wildman–Crippen MR) is 88.2 cm³/mol. The summed E-state index contributed by atoms with van der Waals surface area (Å²) in [7, 11) is 0. The fourth-order valence-electron chi connectivity index (χ4n) is 2.61. The normalized spacial score (nSPS) is 10.4. The minimum Gasteiger partial charge on any atom is -0.384 e. The molecule has 3 aromatic rings. The third-order valence-electron chi connectivity index (χ3n) is 3.72. The summed E-state index contributed by atoms with van der Waals surface area (Å²) in [4.78, 5) is 0. The molecule has 0 fully saturated rings. The van der Waals surface area contributed by atoms with E-state index < -0.39 is 0 Å². The maximum absolute atomic E-state index is 9.51. The topological polar surface area (TPSA) is 80.8 Å². The second-order valence-electron chi connectivity index (χ2n) is 4.98. The molecule has 4 heteroatoms. The van der Waals surface area contributed by atoms with Gasteiger partial charge in [0.1, 0.15) is 17.5 Å². The quantitative estimate of drug-likeness (QED) is 0.777. The third-order valence-corrected chi connectivity index (χ3v) is 3.72. The Hall–Kier alpha value is -3.03. The number of anilines is 1. The molecule has 2 aromatic carbocycles. The van der Waals surface area contributed by atoms with Crippen molar-refractivity contribution in [1.29, 1.82) is 5.26 Å². The van der Waals surface area contributed by atoms with E-state index in [2.05, 4.69) is 6.07 Å². The van der Waals surface area contributed by atoms with Crippen LogP contribution < -0.4 is 11.5 Å². The molecule has 0 aliphatic heterocycles. The van der Waals surface area contributed by atoms with Crippen LogP contribution in [0.2, 0.25) is 0 Å². The van der Waals surface area contributed by atoms with Crippen LogP contribution in [0.3, 0.4) is 0 Å². The third kappa shape index (κ3) is 2.24. The number of para-hydroxylation sites is 1. The summed E-state index contributed by atoms with van der Waals surface area (Å²) < 4.78 is 1.83. The van der Waals surface area contributed by atoms with Gasteiger partial charge in [-0.2, -0.15) is 5.26 Å². The van der Waals surface area contributed by atoms with Crippen LogP contribution in [0, 0.1) is 11.3 Å². The fourth-order valence-corrected chi connectivity index (χ4v) is 2.61. The van der Waals surface area contributed by atoms with Gasteiger partial charge in [-0.1, -0.05) is 42.5 Å². The number of nitrogens with zero attached hydrogens (tertiary/aromatic N) is 2. The van der Waals surface area contributed by atoms with Crippen molar-refractivity contribution in [2.24, 2.45) is 5.73 Å². The van der Waals surface area contributed by atoms with E-state index in [0.717, 1.165) is 22.4 Å². The van der Waals surface area contributed by atoms with Gasteiger partial charge in [0, 0.05) is 24.0 Å². The molecule has 0 atom stereocenters. The van der Waals surface area contributed by atoms with Crippen LogP contribution >= 0.6 is 0 Å². The largest absolute Gasteiger partial charge is 0.384 e. The van der Waals surface area contributed by atoms with Gasteiger partial charge in [-0.3, -0.25) is 0 Å². The molecule has 22 heavy (non-hydrogen) atoms. The van der Waals surface area contributed by atoms with Gasteiger partial charge in [-0.15, -0.1) is 0 Å². The number of nitriles is 1. The second-order valence-corrected chi connectivity index (χ2v) is 4.98. The summed E-state index contributed by atoms with van der Waals surface area (Å²) in [5.74, 6) is 0.440. The van der Waals surface area contributed by atoms with Gasteiger partial charge in [0.05, 0.1) is 0 Å². The Balaban J connectivity index is 2.24. The van der Waals surface area contributed by atoms with Gasteiger partial charge in [0.15, 0.2) is 0 Å². The monoisotopic (exact) mass is 288 g/mol. The van der Waals surface area contributed by atoms with Gasteiger partial charge in [-0.25, -0.2) is 0 Å². The summed E-state index contributed by atoms with van der Waals surface area (Å²) in [5, 5.41) is 9.51. The predicted octanol–water partition coefficient (Wildman–Crippen LogP) is 3.06. The van der Waals surface area contributed by atoms with E-state index in [9.17, 15) is 5.26 Å². The Labute approximate surface area is 129 Å². The van der Waals surface area contributed by atoms with Crippen LogP contribution in [0.1, 0.15) is 11.1 Å². The molecule has 3 rings (SSSR count). The van der Waals surface area contributed by atoms with Crippen LogP contribution in [0.25, 0.3) is 16.8 Å². The Kier molecular flexibility index (Phi) is 3.65. The highest BCUT2D eigenvalue weighted by Gasteiger charge is 2.17. The van der Waals surface area contributed by atoms with Crippen LogP contribution in [-0.4, -0.2) is 4.57 Å². The first-order valence-corrected chi connectivity index (χ1v) is 7.01. The standard InChI is InChI=1S/C18H16N4/c19-10-13-6-4-5-9-15(13)17-12-22(18(21)16(17)11-20)14-7-2-1-3-8-14/h1-9,12H,10,19,21H2. The van der Waals surface area contributed by atoms with Gasteiger partial charge < -0.3 is 16.0 Å². The highest BCUT2D eigenvalue weighted by atomic mass is 15.0. The number of rotatable bonds is 3. The highest BCUT2D eigenvalue weighted by Crippen LogP contribution is 2.33. The van der Waals surface area contributed by atoms with Crippen molar-refractivity contribution >= 4 is 5.82 Å². The first-order chi connectivity index (χ1) is 10.8. The van der Waals surface area contributed by atoms with Gasteiger partial charge in [0.25, 0.3) is 0 Å². The van der Waals surface area contributed by atoms with Crippen molar-refractivity contribution in [3.05, 3.63) is 71.9 Å². The number of nitrogens with two attached hydrogens (primary N) is 2. The van der Waals surface area contributed by atoms with E-state index in [1.807, 2.05) is 65.4 Å². The average Bonchev–Trinajstić information content (AvgIpc) is 2.92. The lowest BCUT2D eigenvalue weighted by Crippen LogP contribution is -1.99. The summed E-state index contributed by atoms with van der Waals surface area (Å²) in [6.45, 7) is 0.414. The Morgan fingerprint density at radius 2 is 1.64 bits per heavy atom. The molecule has 0 aliphatic carbocycles. The summed E-state index contributed by atoms with van der Waals surface area (Å²) in [6, 6.07) is 19.8. The average molecular weight is 288 g/mol. The maximum atomic E-state index is 9.51. The number of aromatic nitrogens is 1. The zero-order chi connectivity index (χ0) is 15.5. The molecule has 0 spiro atoms. The lowest BCUT2D eigenvalue weighted by atomic mass is 9.99. The maximum Gasteiger partial charge on any atom is 0.126 e. The summed E-state index contributed by atoms with van der Waals surface area (Å²) in [6.07, 6.45) is 1.90. The lowest BCUT2D eigenvalue weighted by Gasteiger charge is -2.06. The molecule has 0 saturated heterocycles. The molecule has 0 aliphatic rings. The van der Waals surface area contributed by atoms with E-state index >= 15 is 0 Å². The van der Waals surface area contributed by atoms with Crippen molar-refractivity contribution in [3.63, 3.8) is 0 Å². The number of benzene rings is 2. The molecule has 108 valence electrons. The molecule has 0 bridgehead atoms. The molecule has 4 nitrogen and oxygen atoms in total. The van der Waals surface area contributed by atoms with Gasteiger partial charge in [0.2, 0.25) is 0 Å². The molecule has 0 radical (unpaired) electrons. The van der Waals surface area contributed by atoms with Crippen molar-refractivity contribution in [2.75, 3.05) is 5.73 Å². The van der Waals surface area contributed by atoms with Crippen LogP contribution in [-0.2, 0) is 6.54 Å². The highest BCUT2D eigenvalue weighted by molar-refractivity contribution is 5.79. The van der Waals surface area contributed by atoms with E-state index in [0.29, 0.717) is 17.9 Å². The molecule has 0 saturated carbocycles. The smallest absolute Gasteiger partial charge is 0.126 e. The minimum atomic E-state index is 0.414. The summed E-state index contributed by atoms with van der Waals surface area (Å²) in [5.41, 5.74) is 16.1. The SMILES string of the molecule is N#Cc1c(-c2ccccc2CN)cn(-c2ccccc2)c1N. The summed E-state index contributed by atoms with van der Waals surface area (Å²) >= 11 is 0. The van der Waals surface area contributed by atoms with E-state index in [1.54, 1.807) is 0 Å². The van der Waals surface area contributed by atoms with Crippen molar-refractivity contribution in [2.45, 2.75) is 6.54 Å². The molecular formula is C18H16N4. The van der Waals surface area contributed by atoms with Crippen LogP contribution in [0.5, 0.6) is 0 Å². The van der Waals surface area contributed by atoms with Crippen LogP contribution in [0.15, 0.2) is 60.8 Å². The Morgan fingerprint density at radius 3 is 2.32 bits per heavy atom. The minimum absolute atomic E-state index is 0.414. The number of hydrogen-bond acceptors (Lipinski definition) is 3. The van der Waals surface area contributed by atoms with Crippen LogP contribution in [0.4, 0.5) is 5.82 Å². The van der Waals surface area contributed by atoms with Gasteiger partial charge >= 0.3 is 0 Å². The zero-order valence-electron chi connectivity index (χ0n) is 12.0. The number of hydrogen-bond donors (Lipinski definition) is 2. The molecular weight excluding hydrogens is 272 g/mol. The van der Waals surface area contributed by atoms with Gasteiger partial charge in [-0.05, 0) is 23.3 Å². The Morgan fingerprint density at radius 1 is 0.955 bits per heavy atom. The molecule has 1 aromatic heterocycles. The van der Waals surface area contributed by atoms with E-state index in [1.165, 1.54) is 0 Å². The number of nitrogen functional groups attached to an aromatic ring is 1. The Bertz CT molecular complexity index is 841. The van der Waals surface area contributed by atoms with Crippen molar-refractivity contribution < 1.29 is 0 Å². The van der Waals surface area contributed by atoms with E-state index in [-0.39, 0.29) is 0 Å². The molecule has 0 amide bonds. The fraction of sp³-hybridized carbons (Fsp3) is 0.0556.